The fraction of sp³-hybridized carbons (Fsp3) is 0.189. The highest BCUT2D eigenvalue weighted by Crippen LogP contribution is 2.31. The molecule has 2 atom stereocenters. The summed E-state index contributed by atoms with van der Waals surface area (Å²) in [6.45, 7) is 6.03. The van der Waals surface area contributed by atoms with Gasteiger partial charge in [0.25, 0.3) is 0 Å². The number of hydrogen-bond donors (Lipinski definition) is 4. The summed E-state index contributed by atoms with van der Waals surface area (Å²) in [4.78, 5) is 11.9. The number of aromatic nitrogens is 2. The Hall–Kier alpha value is -5.50. The molecule has 2 aliphatic rings. The van der Waals surface area contributed by atoms with Gasteiger partial charge < -0.3 is 25.3 Å². The first-order valence-corrected chi connectivity index (χ1v) is 15.4. The minimum atomic E-state index is 0.415. The molecule has 2 aliphatic heterocycles. The number of fused-ring (bicyclic) bond motifs is 2. The van der Waals surface area contributed by atoms with Crippen LogP contribution in [0.1, 0.15) is 25.0 Å². The van der Waals surface area contributed by atoms with Gasteiger partial charge in [-0.05, 0) is 96.8 Å². The lowest BCUT2D eigenvalue weighted by atomic mass is 10.0. The number of amidine groups is 2. The number of ether oxygens (including phenoxy) is 1. The van der Waals surface area contributed by atoms with Crippen molar-refractivity contribution in [2.45, 2.75) is 19.9 Å². The summed E-state index contributed by atoms with van der Waals surface area (Å²) < 4.78 is 6.19. The molecule has 8 nitrogen and oxygen atoms in total. The molecule has 0 radical (unpaired) electrons. The quantitative estimate of drug-likeness (QED) is 0.163. The lowest BCUT2D eigenvalue weighted by Crippen LogP contribution is -2.42. The Kier molecular flexibility index (Phi) is 6.55. The summed E-state index contributed by atoms with van der Waals surface area (Å²) in [5, 5.41) is 15.6. The third kappa shape index (κ3) is 5.29. The fourth-order valence-electron chi connectivity index (χ4n) is 5.96. The third-order valence-electron chi connectivity index (χ3n) is 8.86. The summed E-state index contributed by atoms with van der Waals surface area (Å²) in [6, 6.07) is 34.1. The maximum Gasteiger partial charge on any atom is 0.154 e. The molecule has 0 spiro atoms. The molecule has 6 aromatic rings. The highest BCUT2D eigenvalue weighted by atomic mass is 16.5. The van der Waals surface area contributed by atoms with E-state index in [0.717, 1.165) is 86.4 Å². The number of benzene rings is 4. The minimum Gasteiger partial charge on any atom is -0.457 e. The Labute approximate surface area is 261 Å². The van der Waals surface area contributed by atoms with E-state index in [2.05, 4.69) is 112 Å². The van der Waals surface area contributed by atoms with Gasteiger partial charge in [-0.1, -0.05) is 31.2 Å². The van der Waals surface area contributed by atoms with Crippen molar-refractivity contribution < 1.29 is 4.74 Å². The number of hydrazone groups is 1. The fourth-order valence-corrected chi connectivity index (χ4v) is 5.96. The van der Waals surface area contributed by atoms with Crippen molar-refractivity contribution in [2.75, 3.05) is 20.3 Å². The standard InChI is InChI=1S/C37H35N7O/c1-22-20-38-36(40-23(22)2)28-6-4-26-16-32(41-34(26)18-28)24-8-12-30(13-9-24)45-31-14-10-25(11-15-31)33-17-27-5-7-29(19-35(27)42-33)37-39-21-44(3)43-37/h4-19,22-23,41-42H,20-21H2,1-3H3,(H,38,40)(H,39,43). The second kappa shape index (κ2) is 10.9. The van der Waals surface area contributed by atoms with Gasteiger partial charge in [0.2, 0.25) is 0 Å². The van der Waals surface area contributed by atoms with Crippen LogP contribution in [-0.2, 0) is 0 Å². The van der Waals surface area contributed by atoms with Crippen molar-refractivity contribution in [1.82, 2.24) is 25.6 Å². The topological polar surface area (TPSA) is 92.8 Å². The molecule has 0 amide bonds. The van der Waals surface area contributed by atoms with Crippen LogP contribution in [0.3, 0.4) is 0 Å². The van der Waals surface area contributed by atoms with Crippen LogP contribution in [0.15, 0.2) is 107 Å². The zero-order chi connectivity index (χ0) is 30.5. The first-order chi connectivity index (χ1) is 21.9. The summed E-state index contributed by atoms with van der Waals surface area (Å²) in [5.74, 6) is 4.00. The number of hydrogen-bond acceptors (Lipinski definition) is 6. The number of aromatic amines is 2. The molecular formula is C37H35N7O. The predicted molar refractivity (Wildman–Crippen MR) is 183 cm³/mol. The molecule has 4 N–H and O–H groups in total. The van der Waals surface area contributed by atoms with Gasteiger partial charge in [0.1, 0.15) is 24.0 Å². The van der Waals surface area contributed by atoms with Gasteiger partial charge in [-0.15, -0.1) is 0 Å². The van der Waals surface area contributed by atoms with E-state index in [4.69, 9.17) is 9.73 Å². The summed E-state index contributed by atoms with van der Waals surface area (Å²) in [7, 11) is 1.96. The molecule has 224 valence electrons. The van der Waals surface area contributed by atoms with E-state index in [1.807, 2.05) is 36.3 Å². The zero-order valence-electron chi connectivity index (χ0n) is 25.6. The average Bonchev–Trinajstić information content (AvgIpc) is 3.80. The van der Waals surface area contributed by atoms with Crippen LogP contribution in [0.5, 0.6) is 11.5 Å². The Morgan fingerprint density at radius 2 is 1.20 bits per heavy atom. The number of H-pyrrole nitrogens is 2. The first kappa shape index (κ1) is 27.1. The molecule has 0 aliphatic carbocycles. The lowest BCUT2D eigenvalue weighted by molar-refractivity contribution is 0.380. The van der Waals surface area contributed by atoms with E-state index in [-0.39, 0.29) is 0 Å². The molecular weight excluding hydrogens is 558 g/mol. The number of aliphatic imine (C=N–C) groups is 1. The molecule has 2 aromatic heterocycles. The van der Waals surface area contributed by atoms with Gasteiger partial charge in [0, 0.05) is 64.0 Å². The van der Waals surface area contributed by atoms with Crippen molar-refractivity contribution in [2.24, 2.45) is 16.0 Å². The van der Waals surface area contributed by atoms with Crippen molar-refractivity contribution >= 4 is 33.5 Å². The molecule has 0 fully saturated rings. The summed E-state index contributed by atoms with van der Waals surface area (Å²) in [5.41, 5.74) is 8.71. The number of nitrogens with one attached hydrogen (secondary N) is 4. The largest absolute Gasteiger partial charge is 0.457 e. The second-order valence-corrected chi connectivity index (χ2v) is 12.2. The number of rotatable bonds is 6. The molecule has 0 bridgehead atoms. The SMILES string of the molecule is CC1CN=C(c2ccc3cc(-c4ccc(Oc5ccc(-c6cc7ccc(C8=NN(C)CN8)cc7[nH]6)cc5)cc4)[nH]c3c2)NC1C. The molecule has 0 saturated heterocycles. The van der Waals surface area contributed by atoms with Crippen molar-refractivity contribution in [1.29, 1.82) is 0 Å². The first-order valence-electron chi connectivity index (χ1n) is 15.4. The van der Waals surface area contributed by atoms with Gasteiger partial charge in [0.15, 0.2) is 5.84 Å². The van der Waals surface area contributed by atoms with Gasteiger partial charge >= 0.3 is 0 Å². The molecule has 8 heteroatoms. The van der Waals surface area contributed by atoms with E-state index >= 15 is 0 Å². The Morgan fingerprint density at radius 1 is 0.667 bits per heavy atom. The smallest absolute Gasteiger partial charge is 0.154 e. The van der Waals surface area contributed by atoms with E-state index < -0.39 is 0 Å². The van der Waals surface area contributed by atoms with Crippen LogP contribution in [0.25, 0.3) is 44.3 Å². The van der Waals surface area contributed by atoms with Crippen LogP contribution < -0.4 is 15.4 Å². The maximum atomic E-state index is 6.19. The normalized spacial score (nSPS) is 18.1. The van der Waals surface area contributed by atoms with Gasteiger partial charge in [-0.2, -0.15) is 5.10 Å². The number of nitrogens with zero attached hydrogens (tertiary/aromatic N) is 3. The van der Waals surface area contributed by atoms with E-state index in [9.17, 15) is 0 Å². The average molecular weight is 594 g/mol. The van der Waals surface area contributed by atoms with Crippen LogP contribution in [0.2, 0.25) is 0 Å². The minimum absolute atomic E-state index is 0.415. The monoisotopic (exact) mass is 593 g/mol. The molecule has 0 saturated carbocycles. The van der Waals surface area contributed by atoms with Crippen molar-refractivity contribution in [3.63, 3.8) is 0 Å². The Morgan fingerprint density at radius 3 is 1.71 bits per heavy atom. The van der Waals surface area contributed by atoms with Crippen LogP contribution in [-0.4, -0.2) is 53.0 Å². The molecule has 8 rings (SSSR count). The Bertz CT molecular complexity index is 2090. The molecule has 45 heavy (non-hydrogen) atoms. The highest BCUT2D eigenvalue weighted by Gasteiger charge is 2.20. The second-order valence-electron chi connectivity index (χ2n) is 12.2. The Balaban J connectivity index is 0.954. The molecule has 4 aromatic carbocycles. The van der Waals surface area contributed by atoms with Gasteiger partial charge in [-0.3, -0.25) is 10.0 Å². The molecule has 4 heterocycles. The van der Waals surface area contributed by atoms with E-state index in [1.165, 1.54) is 5.39 Å². The zero-order valence-corrected chi connectivity index (χ0v) is 25.6. The maximum absolute atomic E-state index is 6.19. The van der Waals surface area contributed by atoms with Crippen LogP contribution in [0, 0.1) is 5.92 Å². The van der Waals surface area contributed by atoms with E-state index in [1.54, 1.807) is 0 Å². The third-order valence-corrected chi connectivity index (χ3v) is 8.86. The molecule has 2 unspecified atom stereocenters. The van der Waals surface area contributed by atoms with Crippen LogP contribution >= 0.6 is 0 Å². The predicted octanol–water partition coefficient (Wildman–Crippen LogP) is 7.30. The lowest BCUT2D eigenvalue weighted by Gasteiger charge is -2.27. The van der Waals surface area contributed by atoms with Gasteiger partial charge in [0.05, 0.1) is 0 Å². The summed E-state index contributed by atoms with van der Waals surface area (Å²) >= 11 is 0. The summed E-state index contributed by atoms with van der Waals surface area (Å²) in [6.07, 6.45) is 0. The van der Waals surface area contributed by atoms with Crippen LogP contribution in [0.4, 0.5) is 0 Å². The van der Waals surface area contributed by atoms with E-state index in [0.29, 0.717) is 12.0 Å². The van der Waals surface area contributed by atoms with Crippen molar-refractivity contribution in [3.8, 4) is 34.0 Å². The highest BCUT2D eigenvalue weighted by molar-refractivity contribution is 6.03. The van der Waals surface area contributed by atoms with Crippen molar-refractivity contribution in [3.05, 3.63) is 108 Å². The van der Waals surface area contributed by atoms with Gasteiger partial charge in [-0.25, -0.2) is 0 Å².